The highest BCUT2D eigenvalue weighted by Crippen LogP contribution is 2.15. The molecule has 90 heavy (non-hydrogen) atoms. The Hall–Kier alpha value is -6.04. The number of aliphatic hydroxyl groups excluding tert-OH is 1. The molecule has 0 rings (SSSR count). The topological polar surface area (TPSA) is 72.8 Å². The molecule has 5 nitrogen and oxygen atoms in total. The van der Waals surface area contributed by atoms with Crippen LogP contribution in [0.15, 0.2) is 231 Å². The van der Waals surface area contributed by atoms with Crippen LogP contribution in [-0.2, 0) is 19.1 Å². The molecule has 0 aromatic carbocycles. The van der Waals surface area contributed by atoms with E-state index in [2.05, 4.69) is 245 Å². The lowest BCUT2D eigenvalue weighted by Crippen LogP contribution is -2.28. The first kappa shape index (κ1) is 84.0. The summed E-state index contributed by atoms with van der Waals surface area (Å²) in [4.78, 5) is 24.7. The van der Waals surface area contributed by atoms with E-state index in [-0.39, 0.29) is 25.2 Å². The van der Waals surface area contributed by atoms with Gasteiger partial charge in [0.25, 0.3) is 0 Å². The maximum Gasteiger partial charge on any atom is 0.306 e. The van der Waals surface area contributed by atoms with Crippen molar-refractivity contribution in [1.29, 1.82) is 0 Å². The van der Waals surface area contributed by atoms with E-state index in [1.54, 1.807) is 0 Å². The van der Waals surface area contributed by atoms with Gasteiger partial charge in [-0.05, 0) is 161 Å². The van der Waals surface area contributed by atoms with Crippen molar-refractivity contribution in [3.05, 3.63) is 231 Å². The minimum Gasteiger partial charge on any atom is -0.462 e. The minimum atomic E-state index is -0.799. The van der Waals surface area contributed by atoms with Crippen molar-refractivity contribution in [3.8, 4) is 0 Å². The van der Waals surface area contributed by atoms with Gasteiger partial charge in [0.05, 0.1) is 6.61 Å². The van der Waals surface area contributed by atoms with Crippen LogP contribution in [0.2, 0.25) is 0 Å². The van der Waals surface area contributed by atoms with Crippen molar-refractivity contribution in [2.24, 2.45) is 0 Å². The molecule has 0 saturated heterocycles. The monoisotopic (exact) mass is 1230 g/mol. The zero-order chi connectivity index (χ0) is 64.7. The van der Waals surface area contributed by atoms with Crippen LogP contribution in [-0.4, -0.2) is 36.4 Å². The number of carbonyl (C=O) groups excluding carboxylic acids is 2. The van der Waals surface area contributed by atoms with Gasteiger partial charge in [-0.1, -0.05) is 328 Å². The van der Waals surface area contributed by atoms with E-state index in [0.29, 0.717) is 12.8 Å². The van der Waals surface area contributed by atoms with E-state index in [9.17, 15) is 14.7 Å². The van der Waals surface area contributed by atoms with Crippen molar-refractivity contribution in [3.63, 3.8) is 0 Å². The van der Waals surface area contributed by atoms with Gasteiger partial charge in [-0.15, -0.1) is 0 Å². The van der Waals surface area contributed by atoms with Crippen LogP contribution in [0.25, 0.3) is 0 Å². The van der Waals surface area contributed by atoms with Gasteiger partial charge in [0.15, 0.2) is 6.10 Å². The Morgan fingerprint density at radius 1 is 0.256 bits per heavy atom. The third kappa shape index (κ3) is 74.4. The number of rotatable bonds is 63. The third-order valence-electron chi connectivity index (χ3n) is 14.5. The molecule has 0 aliphatic rings. The van der Waals surface area contributed by atoms with Crippen molar-refractivity contribution in [1.82, 2.24) is 0 Å². The zero-order valence-electron chi connectivity index (χ0n) is 57.3. The molecule has 0 aromatic rings. The first-order chi connectivity index (χ1) is 44.6. The largest absolute Gasteiger partial charge is 0.462 e. The molecule has 1 unspecified atom stereocenters. The molecule has 0 aromatic heterocycles. The Morgan fingerprint density at radius 2 is 0.444 bits per heavy atom. The van der Waals surface area contributed by atoms with Crippen molar-refractivity contribution in [2.75, 3.05) is 13.2 Å². The van der Waals surface area contributed by atoms with Crippen LogP contribution in [0.1, 0.15) is 271 Å². The number of allylic oxidation sites excluding steroid dienone is 38. The summed E-state index contributed by atoms with van der Waals surface area (Å²) >= 11 is 0. The number of ether oxygens (including phenoxy) is 2. The van der Waals surface area contributed by atoms with E-state index in [1.807, 2.05) is 0 Å². The molecule has 0 amide bonds. The Balaban J connectivity index is 3.63. The lowest BCUT2D eigenvalue weighted by Gasteiger charge is -2.15. The lowest BCUT2D eigenvalue weighted by atomic mass is 10.0. The van der Waals surface area contributed by atoms with Gasteiger partial charge < -0.3 is 14.6 Å². The number of hydrogen-bond acceptors (Lipinski definition) is 5. The summed E-state index contributed by atoms with van der Waals surface area (Å²) in [5.74, 6) is -0.622. The number of hydrogen-bond donors (Lipinski definition) is 1. The smallest absolute Gasteiger partial charge is 0.306 e. The van der Waals surface area contributed by atoms with Gasteiger partial charge in [0.2, 0.25) is 0 Å². The average Bonchev–Trinajstić information content (AvgIpc) is 3.60. The van der Waals surface area contributed by atoms with E-state index >= 15 is 0 Å². The Kier molecular flexibility index (Phi) is 72.0. The Labute approximate surface area is 554 Å². The fraction of sp³-hybridized carbons (Fsp3) is 0.529. The summed E-state index contributed by atoms with van der Waals surface area (Å²) in [6, 6.07) is 0. The fourth-order valence-corrected chi connectivity index (χ4v) is 9.16. The van der Waals surface area contributed by atoms with Gasteiger partial charge in [0.1, 0.15) is 6.61 Å². The summed E-state index contributed by atoms with van der Waals surface area (Å²) in [5.41, 5.74) is 0. The molecular formula is C85H130O5. The van der Waals surface area contributed by atoms with Crippen LogP contribution in [0.5, 0.6) is 0 Å². The van der Waals surface area contributed by atoms with Crippen molar-refractivity contribution < 1.29 is 24.2 Å². The van der Waals surface area contributed by atoms with E-state index in [1.165, 1.54) is 77.0 Å². The summed E-state index contributed by atoms with van der Waals surface area (Å²) in [5, 5.41) is 9.71. The predicted octanol–water partition coefficient (Wildman–Crippen LogP) is 25.6. The molecule has 0 fully saturated rings. The third-order valence-corrected chi connectivity index (χ3v) is 14.5. The van der Waals surface area contributed by atoms with Crippen LogP contribution in [0.4, 0.5) is 0 Å². The quantitative estimate of drug-likeness (QED) is 0.0373. The highest BCUT2D eigenvalue weighted by Gasteiger charge is 2.16. The van der Waals surface area contributed by atoms with Gasteiger partial charge >= 0.3 is 11.9 Å². The van der Waals surface area contributed by atoms with Crippen LogP contribution < -0.4 is 0 Å². The van der Waals surface area contributed by atoms with Gasteiger partial charge in [-0.2, -0.15) is 0 Å². The molecule has 1 N–H and O–H groups in total. The van der Waals surface area contributed by atoms with Crippen LogP contribution in [0, 0.1) is 0 Å². The average molecular weight is 1230 g/mol. The SMILES string of the molecule is CC/C=C\C/C=C\C/C=C\C/C=C\C/C=C\C/C=C\C/C=C\C/C=C\C/C=C\C/C=C\CCCCCCCCCCCCC(=O)OC(CO)COC(=O)CCCCCCCCC/C=C\C/C=C\C/C=C\C/C=C\C/C=C\C/C=C\C/C=C\C/C=C\C/C=C\CC. The summed E-state index contributed by atoms with van der Waals surface area (Å²) in [6.45, 7) is 3.89. The van der Waals surface area contributed by atoms with E-state index in [4.69, 9.17) is 9.47 Å². The normalized spacial score (nSPS) is 13.7. The second kappa shape index (κ2) is 77.2. The van der Waals surface area contributed by atoms with Gasteiger partial charge in [0, 0.05) is 12.8 Å². The van der Waals surface area contributed by atoms with Crippen molar-refractivity contribution in [2.45, 2.75) is 277 Å². The molecule has 0 radical (unpaired) electrons. The molecule has 0 saturated carbocycles. The number of carbonyl (C=O) groups is 2. The zero-order valence-corrected chi connectivity index (χ0v) is 57.3. The van der Waals surface area contributed by atoms with Crippen LogP contribution >= 0.6 is 0 Å². The number of aliphatic hydroxyl groups is 1. The fourth-order valence-electron chi connectivity index (χ4n) is 9.16. The van der Waals surface area contributed by atoms with Crippen LogP contribution in [0.3, 0.4) is 0 Å². The summed E-state index contributed by atoms with van der Waals surface area (Å²) in [7, 11) is 0. The Morgan fingerprint density at radius 3 is 0.667 bits per heavy atom. The molecule has 0 spiro atoms. The minimum absolute atomic E-state index is 0.0877. The van der Waals surface area contributed by atoms with E-state index in [0.717, 1.165) is 167 Å². The second-order valence-corrected chi connectivity index (χ2v) is 22.8. The first-order valence-electron chi connectivity index (χ1n) is 35.9. The van der Waals surface area contributed by atoms with Gasteiger partial charge in [-0.3, -0.25) is 9.59 Å². The maximum absolute atomic E-state index is 12.4. The molecular weight excluding hydrogens is 1100 g/mol. The highest BCUT2D eigenvalue weighted by atomic mass is 16.6. The highest BCUT2D eigenvalue weighted by molar-refractivity contribution is 5.70. The molecule has 5 heteroatoms. The molecule has 0 aliphatic carbocycles. The standard InChI is InChI=1S/C85H130O5/c1-3-5-7-9-11-13-15-17-19-21-23-25-27-29-31-33-35-37-39-40-41-42-43-44-46-48-50-52-54-56-58-60-62-64-66-68-70-72-74-76-78-80-85(88)90-83(81-86)82-89-84(87)79-77-75-73-71-69-67-65-63-61-59-57-55-53-51-49-47-45-38-36-34-32-30-28-26-24-22-20-18-16-14-12-10-8-6-4-2/h5-8,11-14,17-20,23-26,29-32,35-38,40-41,43-44,47-50,53-56,59,61,83,86H,3-4,9-10,15-16,21-22,27-28,33-34,39,42,45-46,51-52,57-58,60,62-82H2,1-2H3/b7-5-,8-6-,13-11-,14-12-,19-17-,20-18-,25-23-,26-24-,31-29-,32-30-,37-35-,38-36-,41-40-,44-43-,49-47-,50-48-,55-53-,56-54-,61-59-. The summed E-state index contributed by atoms with van der Waals surface area (Å²) < 4.78 is 10.7. The van der Waals surface area contributed by atoms with E-state index < -0.39 is 6.10 Å². The number of unbranched alkanes of at least 4 members (excludes halogenated alkanes) is 17. The first-order valence-corrected chi connectivity index (χ1v) is 35.9. The lowest BCUT2D eigenvalue weighted by molar-refractivity contribution is -0.161. The predicted molar refractivity (Wildman–Crippen MR) is 398 cm³/mol. The molecule has 0 heterocycles. The Bertz CT molecular complexity index is 2180. The molecule has 500 valence electrons. The van der Waals surface area contributed by atoms with Gasteiger partial charge in [-0.25, -0.2) is 0 Å². The maximum atomic E-state index is 12.4. The van der Waals surface area contributed by atoms with Crippen molar-refractivity contribution >= 4 is 11.9 Å². The second-order valence-electron chi connectivity index (χ2n) is 22.8. The molecule has 0 bridgehead atoms. The summed E-state index contributed by atoms with van der Waals surface area (Å²) in [6.07, 6.45) is 126. The number of esters is 2. The molecule has 1 atom stereocenters. The molecule has 0 aliphatic heterocycles.